The molecular weight excluding hydrogens is 408 g/mol. The van der Waals surface area contributed by atoms with Gasteiger partial charge in [-0.3, -0.25) is 0 Å². The van der Waals surface area contributed by atoms with Crippen LogP contribution < -0.4 is 0 Å². The van der Waals surface area contributed by atoms with E-state index in [1.807, 2.05) is 12.1 Å². The van der Waals surface area contributed by atoms with Gasteiger partial charge >= 0.3 is 0 Å². The standard InChI is InChI=1S/C31H31Cl/c32-24-14-11-23(12-15-24)27-18-17-26(21-7-3-1-2-4-8-21)29-20-19-28-25-10-6-5-9-22(25)13-16-30(28)31(27)29/h6,10-12,14-15,17-21H,1-5,7-9,13,16H2. The SMILES string of the molecule is Clc1ccc(-c2ccc(C3CCCCCC3)c3ccc4c(c23)CCC2=C4C=CCC2)cc1. The quantitative estimate of drug-likeness (QED) is 0.349. The van der Waals surface area contributed by atoms with Crippen molar-refractivity contribution in [3.05, 3.63) is 88.0 Å². The van der Waals surface area contributed by atoms with E-state index in [-0.39, 0.29) is 0 Å². The van der Waals surface area contributed by atoms with E-state index in [1.54, 1.807) is 16.7 Å². The van der Waals surface area contributed by atoms with Crippen LogP contribution in [0.15, 0.2) is 66.3 Å². The first-order valence-electron chi connectivity index (χ1n) is 12.5. The lowest BCUT2D eigenvalue weighted by Gasteiger charge is -2.28. The lowest BCUT2D eigenvalue weighted by Crippen LogP contribution is -2.08. The first-order chi connectivity index (χ1) is 15.8. The molecule has 0 aromatic heterocycles. The molecule has 0 atom stereocenters. The average Bonchev–Trinajstić information content (AvgIpc) is 3.13. The maximum atomic E-state index is 6.24. The molecule has 0 aliphatic heterocycles. The van der Waals surface area contributed by atoms with E-state index in [2.05, 4.69) is 48.6 Å². The zero-order chi connectivity index (χ0) is 21.5. The average molecular weight is 439 g/mol. The Hall–Kier alpha value is -2.31. The smallest absolute Gasteiger partial charge is 0.0406 e. The normalized spacial score (nSPS) is 19.0. The third kappa shape index (κ3) is 3.54. The summed E-state index contributed by atoms with van der Waals surface area (Å²) in [5.74, 6) is 0.699. The molecule has 3 aromatic carbocycles. The van der Waals surface area contributed by atoms with Crippen molar-refractivity contribution in [3.63, 3.8) is 0 Å². The maximum absolute atomic E-state index is 6.24. The minimum Gasteiger partial charge on any atom is -0.0843 e. The molecule has 32 heavy (non-hydrogen) atoms. The fraction of sp³-hybridized carbons (Fsp3) is 0.355. The highest BCUT2D eigenvalue weighted by Gasteiger charge is 2.25. The summed E-state index contributed by atoms with van der Waals surface area (Å²) in [5.41, 5.74) is 10.4. The summed E-state index contributed by atoms with van der Waals surface area (Å²) in [5, 5.41) is 3.79. The summed E-state index contributed by atoms with van der Waals surface area (Å²) >= 11 is 6.24. The van der Waals surface area contributed by atoms with Crippen molar-refractivity contribution in [1.29, 1.82) is 0 Å². The topological polar surface area (TPSA) is 0 Å². The Kier molecular flexibility index (Phi) is 5.43. The van der Waals surface area contributed by atoms with Gasteiger partial charge in [0.25, 0.3) is 0 Å². The molecule has 0 nitrogen and oxygen atoms in total. The Morgan fingerprint density at radius 1 is 0.719 bits per heavy atom. The van der Waals surface area contributed by atoms with E-state index in [4.69, 9.17) is 11.6 Å². The number of halogens is 1. The fourth-order valence-electron chi connectivity index (χ4n) is 6.40. The van der Waals surface area contributed by atoms with Crippen LogP contribution in [0.4, 0.5) is 0 Å². The van der Waals surface area contributed by atoms with E-state index in [0.29, 0.717) is 5.92 Å². The molecule has 0 radical (unpaired) electrons. The zero-order valence-electron chi connectivity index (χ0n) is 18.8. The van der Waals surface area contributed by atoms with E-state index >= 15 is 0 Å². The molecule has 3 aliphatic carbocycles. The highest BCUT2D eigenvalue weighted by atomic mass is 35.5. The van der Waals surface area contributed by atoms with Crippen LogP contribution in [0.2, 0.25) is 5.02 Å². The zero-order valence-corrected chi connectivity index (χ0v) is 19.6. The molecule has 6 rings (SSSR count). The molecule has 0 spiro atoms. The van der Waals surface area contributed by atoms with Gasteiger partial charge in [-0.2, -0.15) is 0 Å². The first-order valence-corrected chi connectivity index (χ1v) is 12.9. The van der Waals surface area contributed by atoms with E-state index in [9.17, 15) is 0 Å². The van der Waals surface area contributed by atoms with Crippen molar-refractivity contribution in [1.82, 2.24) is 0 Å². The number of fused-ring (bicyclic) bond motifs is 4. The Bertz CT molecular complexity index is 1220. The van der Waals surface area contributed by atoms with E-state index < -0.39 is 0 Å². The highest BCUT2D eigenvalue weighted by molar-refractivity contribution is 6.30. The van der Waals surface area contributed by atoms with Gasteiger partial charge in [-0.25, -0.2) is 0 Å². The van der Waals surface area contributed by atoms with Crippen LogP contribution in [-0.4, -0.2) is 0 Å². The monoisotopic (exact) mass is 438 g/mol. The summed E-state index contributed by atoms with van der Waals surface area (Å²) in [7, 11) is 0. The van der Waals surface area contributed by atoms with Gasteiger partial charge in [0.2, 0.25) is 0 Å². The van der Waals surface area contributed by atoms with Gasteiger partial charge in [0.1, 0.15) is 0 Å². The lowest BCUT2D eigenvalue weighted by atomic mass is 9.76. The molecule has 0 heterocycles. The molecule has 1 saturated carbocycles. The Balaban J connectivity index is 1.60. The fourth-order valence-corrected chi connectivity index (χ4v) is 6.52. The highest BCUT2D eigenvalue weighted by Crippen LogP contribution is 2.45. The molecule has 3 aliphatic rings. The van der Waals surface area contributed by atoms with Crippen molar-refractivity contribution < 1.29 is 0 Å². The van der Waals surface area contributed by atoms with E-state index in [1.165, 1.54) is 90.8 Å². The summed E-state index contributed by atoms with van der Waals surface area (Å²) in [6.45, 7) is 0. The Labute approximate surface area is 197 Å². The lowest BCUT2D eigenvalue weighted by molar-refractivity contribution is 0.596. The molecule has 1 fully saturated rings. The van der Waals surface area contributed by atoms with Gasteiger partial charge < -0.3 is 0 Å². The summed E-state index contributed by atoms with van der Waals surface area (Å²) in [6, 6.07) is 18.2. The second kappa shape index (κ2) is 8.56. The van der Waals surface area contributed by atoms with Gasteiger partial charge in [-0.15, -0.1) is 0 Å². The van der Waals surface area contributed by atoms with Gasteiger partial charge in [0.05, 0.1) is 0 Å². The molecule has 0 unspecified atom stereocenters. The number of allylic oxidation sites excluding steroid dienone is 4. The van der Waals surface area contributed by atoms with Crippen LogP contribution in [-0.2, 0) is 6.42 Å². The van der Waals surface area contributed by atoms with Crippen molar-refractivity contribution in [2.45, 2.75) is 70.1 Å². The summed E-state index contributed by atoms with van der Waals surface area (Å²) in [6.07, 6.45) is 17.8. The third-order valence-electron chi connectivity index (χ3n) is 8.02. The van der Waals surface area contributed by atoms with Gasteiger partial charge in [-0.1, -0.05) is 91.4 Å². The Morgan fingerprint density at radius 2 is 1.50 bits per heavy atom. The number of aryl methyl sites for hydroxylation is 1. The number of rotatable bonds is 2. The molecular formula is C31H31Cl. The van der Waals surface area contributed by atoms with Gasteiger partial charge in [-0.05, 0) is 101 Å². The van der Waals surface area contributed by atoms with Crippen LogP contribution in [0.25, 0.3) is 27.5 Å². The second-order valence-corrected chi connectivity index (χ2v) is 10.3. The molecule has 1 heteroatoms. The largest absolute Gasteiger partial charge is 0.0843 e. The molecule has 0 amide bonds. The van der Waals surface area contributed by atoms with Gasteiger partial charge in [0, 0.05) is 5.02 Å². The Morgan fingerprint density at radius 3 is 2.31 bits per heavy atom. The van der Waals surface area contributed by atoms with Crippen LogP contribution >= 0.6 is 11.6 Å². The van der Waals surface area contributed by atoms with Crippen LogP contribution in [0.5, 0.6) is 0 Å². The van der Waals surface area contributed by atoms with Crippen LogP contribution in [0.3, 0.4) is 0 Å². The minimum atomic E-state index is 0.699. The van der Waals surface area contributed by atoms with Crippen molar-refractivity contribution in [2.75, 3.05) is 0 Å². The second-order valence-electron chi connectivity index (χ2n) is 9.87. The maximum Gasteiger partial charge on any atom is 0.0406 e. The van der Waals surface area contributed by atoms with E-state index in [0.717, 1.165) is 11.4 Å². The molecule has 162 valence electrons. The van der Waals surface area contributed by atoms with Crippen molar-refractivity contribution >= 4 is 27.9 Å². The van der Waals surface area contributed by atoms with Crippen LogP contribution in [0, 0.1) is 0 Å². The minimum absolute atomic E-state index is 0.699. The predicted molar refractivity (Wildman–Crippen MR) is 138 cm³/mol. The molecule has 0 bridgehead atoms. The third-order valence-corrected chi connectivity index (χ3v) is 8.27. The summed E-state index contributed by atoms with van der Waals surface area (Å²) in [4.78, 5) is 0. The van der Waals surface area contributed by atoms with Crippen molar-refractivity contribution in [3.8, 4) is 11.1 Å². The first kappa shape index (κ1) is 20.3. The molecule has 3 aromatic rings. The van der Waals surface area contributed by atoms with Gasteiger partial charge in [0.15, 0.2) is 0 Å². The van der Waals surface area contributed by atoms with Crippen LogP contribution in [0.1, 0.15) is 80.4 Å². The number of hydrogen-bond donors (Lipinski definition) is 0. The molecule has 0 saturated heterocycles. The predicted octanol–water partition coefficient (Wildman–Crippen LogP) is 9.65. The summed E-state index contributed by atoms with van der Waals surface area (Å²) < 4.78 is 0. The number of benzene rings is 3. The van der Waals surface area contributed by atoms with Crippen molar-refractivity contribution in [2.24, 2.45) is 0 Å². The number of hydrogen-bond acceptors (Lipinski definition) is 0. The molecule has 0 N–H and O–H groups in total.